The Morgan fingerprint density at radius 1 is 1.12 bits per heavy atom. The van der Waals surface area contributed by atoms with Crippen LogP contribution in [-0.4, -0.2) is 58.3 Å². The third-order valence-electron chi connectivity index (χ3n) is 1.71. The van der Waals surface area contributed by atoms with Crippen molar-refractivity contribution < 1.29 is 25.2 Å². The smallest absolute Gasteiger partial charge is 0.244 e. The molecule has 0 unspecified atom stereocenters. The van der Waals surface area contributed by atoms with E-state index >= 15 is 0 Å². The molecule has 0 fully saturated rings. The average Bonchev–Trinajstić information content (AvgIpc) is 2.29. The van der Waals surface area contributed by atoms with Crippen molar-refractivity contribution in [2.75, 3.05) is 26.4 Å². The van der Waals surface area contributed by atoms with E-state index in [0.717, 1.165) is 0 Å². The summed E-state index contributed by atoms with van der Waals surface area (Å²) in [5.41, 5.74) is 8.98. The molecule has 0 aliphatic heterocycles. The molecule has 0 spiro atoms. The summed E-state index contributed by atoms with van der Waals surface area (Å²) >= 11 is 0. The molecular weight excluding hydrogens is 216 g/mol. The SMILES string of the molecule is C=C(CCO)C(N)=O.NC(CO)(CO)CO. The topological polar surface area (TPSA) is 150 Å². The highest BCUT2D eigenvalue weighted by Crippen LogP contribution is 1.93. The normalized spacial score (nSPS) is 10.3. The Labute approximate surface area is 94.0 Å². The monoisotopic (exact) mass is 236 g/mol. The van der Waals surface area contributed by atoms with E-state index in [2.05, 4.69) is 6.58 Å². The van der Waals surface area contributed by atoms with E-state index in [-0.39, 0.29) is 18.6 Å². The van der Waals surface area contributed by atoms with Crippen molar-refractivity contribution in [3.63, 3.8) is 0 Å². The fourth-order valence-corrected chi connectivity index (χ4v) is 0.408. The maximum absolute atomic E-state index is 10.1. The van der Waals surface area contributed by atoms with Crippen LogP contribution in [0.15, 0.2) is 12.2 Å². The van der Waals surface area contributed by atoms with Crippen LogP contribution in [-0.2, 0) is 4.79 Å². The zero-order valence-corrected chi connectivity index (χ0v) is 9.09. The van der Waals surface area contributed by atoms with Gasteiger partial charge in [0, 0.05) is 18.6 Å². The number of nitrogens with two attached hydrogens (primary N) is 2. The summed E-state index contributed by atoms with van der Waals surface area (Å²) in [5.74, 6) is -0.543. The van der Waals surface area contributed by atoms with Gasteiger partial charge in [-0.25, -0.2) is 0 Å². The van der Waals surface area contributed by atoms with Crippen LogP contribution in [0.4, 0.5) is 0 Å². The first kappa shape index (κ1) is 17.4. The quantitative estimate of drug-likeness (QED) is 0.272. The van der Waals surface area contributed by atoms with E-state index in [1.54, 1.807) is 0 Å². The van der Waals surface area contributed by atoms with E-state index in [1.165, 1.54) is 0 Å². The molecule has 96 valence electrons. The lowest BCUT2D eigenvalue weighted by atomic mass is 10.1. The van der Waals surface area contributed by atoms with Crippen LogP contribution in [0.3, 0.4) is 0 Å². The number of rotatable bonds is 6. The third kappa shape index (κ3) is 8.33. The largest absolute Gasteiger partial charge is 0.396 e. The maximum atomic E-state index is 10.1. The van der Waals surface area contributed by atoms with Crippen LogP contribution < -0.4 is 11.5 Å². The summed E-state index contributed by atoms with van der Waals surface area (Å²) in [6, 6.07) is 0. The van der Waals surface area contributed by atoms with Gasteiger partial charge in [0.25, 0.3) is 0 Å². The van der Waals surface area contributed by atoms with Crippen molar-refractivity contribution in [3.8, 4) is 0 Å². The molecule has 7 heteroatoms. The van der Waals surface area contributed by atoms with Gasteiger partial charge in [-0.1, -0.05) is 6.58 Å². The molecule has 0 heterocycles. The fourth-order valence-electron chi connectivity index (χ4n) is 0.408. The molecule has 16 heavy (non-hydrogen) atoms. The van der Waals surface area contributed by atoms with Gasteiger partial charge >= 0.3 is 0 Å². The number of hydrogen-bond donors (Lipinski definition) is 6. The van der Waals surface area contributed by atoms with Gasteiger partial charge in [-0.3, -0.25) is 4.79 Å². The molecule has 0 atom stereocenters. The molecule has 0 bridgehead atoms. The standard InChI is InChI=1S/C5H9NO2.C4H11NO3/c1-4(2-3-7)5(6)8;5-4(1-6,2-7)3-8/h7H,1-3H2,(H2,6,8);6-8H,1-3,5H2. The Hall–Kier alpha value is -0.990. The molecule has 1 amide bonds. The van der Waals surface area contributed by atoms with E-state index in [1.807, 2.05) is 0 Å². The lowest BCUT2D eigenvalue weighted by Crippen LogP contribution is -2.50. The maximum Gasteiger partial charge on any atom is 0.244 e. The molecule has 0 rings (SSSR count). The number of carbonyl (C=O) groups is 1. The van der Waals surface area contributed by atoms with Crippen molar-refractivity contribution in [1.29, 1.82) is 0 Å². The lowest BCUT2D eigenvalue weighted by Gasteiger charge is -2.20. The highest BCUT2D eigenvalue weighted by Gasteiger charge is 2.20. The Morgan fingerprint density at radius 2 is 1.50 bits per heavy atom. The van der Waals surface area contributed by atoms with Gasteiger partial charge in [-0.05, 0) is 0 Å². The fraction of sp³-hybridized carbons (Fsp3) is 0.667. The molecule has 0 aromatic carbocycles. The van der Waals surface area contributed by atoms with Gasteiger partial charge < -0.3 is 31.9 Å². The molecule has 0 aromatic heterocycles. The summed E-state index contributed by atoms with van der Waals surface area (Å²) in [4.78, 5) is 10.1. The van der Waals surface area contributed by atoms with Crippen molar-refractivity contribution >= 4 is 5.91 Å². The van der Waals surface area contributed by atoms with Gasteiger partial charge in [0.2, 0.25) is 5.91 Å². The van der Waals surface area contributed by atoms with Crippen LogP contribution in [0, 0.1) is 0 Å². The highest BCUT2D eigenvalue weighted by atomic mass is 16.3. The summed E-state index contributed by atoms with van der Waals surface area (Å²) < 4.78 is 0. The van der Waals surface area contributed by atoms with Crippen LogP contribution in [0.5, 0.6) is 0 Å². The van der Waals surface area contributed by atoms with Crippen molar-refractivity contribution in [1.82, 2.24) is 0 Å². The molecule has 0 radical (unpaired) electrons. The van der Waals surface area contributed by atoms with Crippen molar-refractivity contribution in [3.05, 3.63) is 12.2 Å². The minimum atomic E-state index is -1.21. The summed E-state index contributed by atoms with van der Waals surface area (Å²) in [5, 5.41) is 33.2. The molecule has 0 saturated carbocycles. The molecule has 0 aliphatic rings. The van der Waals surface area contributed by atoms with Gasteiger partial charge in [0.15, 0.2) is 0 Å². The zero-order valence-electron chi connectivity index (χ0n) is 9.09. The van der Waals surface area contributed by atoms with Crippen molar-refractivity contribution in [2.45, 2.75) is 12.0 Å². The van der Waals surface area contributed by atoms with Crippen molar-refractivity contribution in [2.24, 2.45) is 11.5 Å². The number of aliphatic hydroxyl groups excluding tert-OH is 4. The van der Waals surface area contributed by atoms with E-state index in [4.69, 9.17) is 31.9 Å². The highest BCUT2D eigenvalue weighted by molar-refractivity contribution is 5.91. The van der Waals surface area contributed by atoms with Gasteiger partial charge in [0.05, 0.1) is 25.4 Å². The number of aliphatic hydroxyl groups is 4. The molecular formula is C9H20N2O5. The third-order valence-corrected chi connectivity index (χ3v) is 1.71. The van der Waals surface area contributed by atoms with E-state index < -0.39 is 31.3 Å². The second-order valence-corrected chi connectivity index (χ2v) is 3.28. The summed E-state index contributed by atoms with van der Waals surface area (Å²) in [6.45, 7) is 2.03. The van der Waals surface area contributed by atoms with E-state index in [0.29, 0.717) is 0 Å². The lowest BCUT2D eigenvalue weighted by molar-refractivity contribution is -0.114. The molecule has 8 N–H and O–H groups in total. The number of carbonyl (C=O) groups excluding carboxylic acids is 1. The predicted octanol–water partition coefficient (Wildman–Crippen LogP) is -2.93. The Bertz CT molecular complexity index is 208. The Morgan fingerprint density at radius 3 is 1.56 bits per heavy atom. The average molecular weight is 236 g/mol. The molecule has 0 aromatic rings. The zero-order chi connectivity index (χ0) is 13.2. The minimum Gasteiger partial charge on any atom is -0.396 e. The number of hydrogen-bond acceptors (Lipinski definition) is 6. The molecule has 0 saturated heterocycles. The molecule has 7 nitrogen and oxygen atoms in total. The number of primary amides is 1. The Kier molecular flexibility index (Phi) is 10.1. The predicted molar refractivity (Wildman–Crippen MR) is 58.2 cm³/mol. The molecule has 0 aliphatic carbocycles. The second-order valence-electron chi connectivity index (χ2n) is 3.28. The first-order valence-electron chi connectivity index (χ1n) is 4.56. The van der Waals surface area contributed by atoms with Crippen LogP contribution in [0.25, 0.3) is 0 Å². The van der Waals surface area contributed by atoms with Gasteiger partial charge in [-0.15, -0.1) is 0 Å². The minimum absolute atomic E-state index is 0.0677. The van der Waals surface area contributed by atoms with Gasteiger partial charge in [-0.2, -0.15) is 0 Å². The van der Waals surface area contributed by atoms with Gasteiger partial charge in [0.1, 0.15) is 0 Å². The van der Waals surface area contributed by atoms with Crippen LogP contribution >= 0.6 is 0 Å². The first-order chi connectivity index (χ1) is 7.36. The summed E-state index contributed by atoms with van der Waals surface area (Å²) in [7, 11) is 0. The second kappa shape index (κ2) is 9.25. The Balaban J connectivity index is 0. The summed E-state index contributed by atoms with van der Waals surface area (Å²) in [6.07, 6.45) is 0.273. The van der Waals surface area contributed by atoms with Crippen LogP contribution in [0.1, 0.15) is 6.42 Å². The van der Waals surface area contributed by atoms with Crippen LogP contribution in [0.2, 0.25) is 0 Å². The first-order valence-corrected chi connectivity index (χ1v) is 4.56. The number of amides is 1. The van der Waals surface area contributed by atoms with E-state index in [9.17, 15) is 4.79 Å².